The van der Waals surface area contributed by atoms with Crippen molar-refractivity contribution in [3.63, 3.8) is 0 Å². The van der Waals surface area contributed by atoms with Gasteiger partial charge in [-0.05, 0) is 37.5 Å². The highest BCUT2D eigenvalue weighted by atomic mass is 32.2. The quantitative estimate of drug-likeness (QED) is 0.688. The Bertz CT molecular complexity index is 1080. The van der Waals surface area contributed by atoms with E-state index in [1.54, 1.807) is 4.57 Å². The highest BCUT2D eigenvalue weighted by Gasteiger charge is 2.30. The number of thiazole rings is 1. The van der Waals surface area contributed by atoms with Crippen molar-refractivity contribution in [1.82, 2.24) is 8.87 Å². The molecule has 0 spiro atoms. The number of nitrogens with zero attached hydrogens (tertiary/aromatic N) is 3. The van der Waals surface area contributed by atoms with E-state index in [0.29, 0.717) is 24.2 Å². The summed E-state index contributed by atoms with van der Waals surface area (Å²) in [6.45, 7) is 2.48. The minimum atomic E-state index is -3.34. The highest BCUT2D eigenvalue weighted by Crippen LogP contribution is 2.21. The van der Waals surface area contributed by atoms with Crippen LogP contribution in [0.2, 0.25) is 0 Å². The van der Waals surface area contributed by atoms with Gasteiger partial charge in [-0.2, -0.15) is 4.99 Å². The van der Waals surface area contributed by atoms with E-state index >= 15 is 0 Å². The number of piperidine rings is 1. The van der Waals surface area contributed by atoms with Crippen molar-refractivity contribution in [3.8, 4) is 0 Å². The molecule has 1 aliphatic rings. The fourth-order valence-corrected chi connectivity index (χ4v) is 5.29. The van der Waals surface area contributed by atoms with Crippen LogP contribution in [-0.2, 0) is 30.9 Å². The number of benzene rings is 1. The molecule has 10 heteroatoms. The summed E-state index contributed by atoms with van der Waals surface area (Å²) in [5.41, 5.74) is 1.86. The normalized spacial score (nSPS) is 19.1. The number of rotatable bonds is 4. The van der Waals surface area contributed by atoms with Crippen LogP contribution in [0, 0.1) is 12.8 Å². The summed E-state index contributed by atoms with van der Waals surface area (Å²) < 4.78 is 32.3. The van der Waals surface area contributed by atoms with Crippen molar-refractivity contribution in [2.24, 2.45) is 10.9 Å². The van der Waals surface area contributed by atoms with Crippen LogP contribution in [0.5, 0.6) is 0 Å². The molecule has 1 aromatic heterocycles. The summed E-state index contributed by atoms with van der Waals surface area (Å²) in [6.07, 6.45) is 2.36. The van der Waals surface area contributed by atoms with Gasteiger partial charge in [0.25, 0.3) is 5.91 Å². The second-order valence-electron chi connectivity index (χ2n) is 6.93. The van der Waals surface area contributed by atoms with Gasteiger partial charge in [-0.1, -0.05) is 17.4 Å². The molecule has 2 heterocycles. The number of hydrogen-bond acceptors (Lipinski definition) is 6. The van der Waals surface area contributed by atoms with Crippen LogP contribution >= 0.6 is 11.3 Å². The maximum absolute atomic E-state index is 12.8. The van der Waals surface area contributed by atoms with Gasteiger partial charge >= 0.3 is 5.97 Å². The minimum Gasteiger partial charge on any atom is -0.468 e. The lowest BCUT2D eigenvalue weighted by Crippen LogP contribution is -2.41. The zero-order valence-corrected chi connectivity index (χ0v) is 17.7. The first-order chi connectivity index (χ1) is 13.2. The Hall–Kier alpha value is -2.04. The average molecular weight is 426 g/mol. The lowest BCUT2D eigenvalue weighted by atomic mass is 9.99. The van der Waals surface area contributed by atoms with Gasteiger partial charge in [-0.15, -0.1) is 0 Å². The summed E-state index contributed by atoms with van der Waals surface area (Å²) in [5.74, 6) is -1.28. The number of carbonyl (C=O) groups excluding carboxylic acids is 2. The van der Waals surface area contributed by atoms with Crippen molar-refractivity contribution < 1.29 is 22.7 Å². The second kappa shape index (κ2) is 8.14. The molecular formula is C18H23N3O5S2. The Morgan fingerprint density at radius 3 is 2.79 bits per heavy atom. The average Bonchev–Trinajstić information content (AvgIpc) is 2.97. The van der Waals surface area contributed by atoms with Crippen molar-refractivity contribution in [2.75, 3.05) is 26.5 Å². The van der Waals surface area contributed by atoms with E-state index in [-0.39, 0.29) is 19.0 Å². The SMILES string of the molecule is COC(=O)Cn1c(=NC(=O)C2CCCN(S(C)(=O)=O)C2)sc2cc(C)ccc21. The first kappa shape index (κ1) is 20.7. The summed E-state index contributed by atoms with van der Waals surface area (Å²) in [5, 5.41) is 0. The molecule has 8 nitrogen and oxygen atoms in total. The van der Waals surface area contributed by atoms with E-state index in [1.807, 2.05) is 25.1 Å². The highest BCUT2D eigenvalue weighted by molar-refractivity contribution is 7.88. The Labute approximate surface area is 167 Å². The zero-order chi connectivity index (χ0) is 20.5. The van der Waals surface area contributed by atoms with Crippen LogP contribution in [-0.4, -0.2) is 55.6 Å². The molecule has 28 heavy (non-hydrogen) atoms. The summed E-state index contributed by atoms with van der Waals surface area (Å²) in [6, 6.07) is 5.79. The van der Waals surface area contributed by atoms with Gasteiger partial charge in [0.2, 0.25) is 10.0 Å². The van der Waals surface area contributed by atoms with E-state index in [1.165, 1.54) is 22.8 Å². The molecule has 1 saturated heterocycles. The largest absolute Gasteiger partial charge is 0.468 e. The first-order valence-corrected chi connectivity index (χ1v) is 11.6. The topological polar surface area (TPSA) is 98.0 Å². The second-order valence-corrected chi connectivity index (χ2v) is 9.92. The molecule has 1 fully saturated rings. The van der Waals surface area contributed by atoms with E-state index in [2.05, 4.69) is 4.99 Å². The molecule has 0 aliphatic carbocycles. The predicted octanol–water partition coefficient (Wildman–Crippen LogP) is 1.28. The third-order valence-corrected chi connectivity index (χ3v) is 7.07. The standard InChI is InChI=1S/C18H23N3O5S2/c1-12-6-7-14-15(9-12)27-18(21(14)11-16(22)26-2)19-17(23)13-5-4-8-20(10-13)28(3,24)25/h6-7,9,13H,4-5,8,10-11H2,1-3H3. The molecule has 152 valence electrons. The lowest BCUT2D eigenvalue weighted by molar-refractivity contribution is -0.141. The molecule has 1 unspecified atom stereocenters. The van der Waals surface area contributed by atoms with Crippen molar-refractivity contribution >= 4 is 43.5 Å². The van der Waals surface area contributed by atoms with Crippen LogP contribution in [0.25, 0.3) is 10.2 Å². The maximum Gasteiger partial charge on any atom is 0.325 e. The zero-order valence-electron chi connectivity index (χ0n) is 16.0. The van der Waals surface area contributed by atoms with Crippen LogP contribution in [0.15, 0.2) is 23.2 Å². The number of carbonyl (C=O) groups is 2. The van der Waals surface area contributed by atoms with Crippen LogP contribution in [0.4, 0.5) is 0 Å². The molecular weight excluding hydrogens is 402 g/mol. The number of amides is 1. The summed E-state index contributed by atoms with van der Waals surface area (Å²) >= 11 is 1.33. The molecule has 0 saturated carbocycles. The number of methoxy groups -OCH3 is 1. The Kier molecular flexibility index (Phi) is 6.01. The molecule has 2 aromatic rings. The summed E-state index contributed by atoms with van der Waals surface area (Å²) in [7, 11) is -2.03. The van der Waals surface area contributed by atoms with Gasteiger partial charge in [-0.3, -0.25) is 9.59 Å². The molecule has 0 bridgehead atoms. The fourth-order valence-electron chi connectivity index (χ4n) is 3.24. The third-order valence-electron chi connectivity index (χ3n) is 4.76. The number of sulfonamides is 1. The molecule has 0 radical (unpaired) electrons. The number of aromatic nitrogens is 1. The summed E-state index contributed by atoms with van der Waals surface area (Å²) in [4.78, 5) is 29.3. The number of esters is 1. The molecule has 0 N–H and O–H groups in total. The van der Waals surface area contributed by atoms with E-state index in [0.717, 1.165) is 22.0 Å². The first-order valence-electron chi connectivity index (χ1n) is 8.89. The van der Waals surface area contributed by atoms with E-state index in [4.69, 9.17) is 4.74 Å². The monoisotopic (exact) mass is 425 g/mol. The van der Waals surface area contributed by atoms with Crippen LogP contribution in [0.3, 0.4) is 0 Å². The third kappa shape index (κ3) is 4.50. The van der Waals surface area contributed by atoms with Crippen LogP contribution < -0.4 is 4.80 Å². The van der Waals surface area contributed by atoms with Gasteiger partial charge < -0.3 is 9.30 Å². The Balaban J connectivity index is 1.99. The number of fused-ring (bicyclic) bond motifs is 1. The Morgan fingerprint density at radius 2 is 2.11 bits per heavy atom. The fraction of sp³-hybridized carbons (Fsp3) is 0.500. The minimum absolute atomic E-state index is 0.0498. The van der Waals surface area contributed by atoms with E-state index in [9.17, 15) is 18.0 Å². The van der Waals surface area contributed by atoms with Crippen LogP contribution in [0.1, 0.15) is 18.4 Å². The van der Waals surface area contributed by atoms with Gasteiger partial charge in [0.05, 0.1) is 29.5 Å². The number of hydrogen-bond donors (Lipinski definition) is 0. The van der Waals surface area contributed by atoms with Crippen molar-refractivity contribution in [1.29, 1.82) is 0 Å². The molecule has 1 aromatic carbocycles. The predicted molar refractivity (Wildman–Crippen MR) is 106 cm³/mol. The van der Waals surface area contributed by atoms with Gasteiger partial charge in [-0.25, -0.2) is 12.7 Å². The lowest BCUT2D eigenvalue weighted by Gasteiger charge is -2.28. The van der Waals surface area contributed by atoms with Gasteiger partial charge in [0.15, 0.2) is 4.80 Å². The Morgan fingerprint density at radius 1 is 1.36 bits per heavy atom. The molecule has 1 atom stereocenters. The molecule has 1 aliphatic heterocycles. The van der Waals surface area contributed by atoms with Crippen molar-refractivity contribution in [3.05, 3.63) is 28.6 Å². The van der Waals surface area contributed by atoms with Gasteiger partial charge in [0, 0.05) is 13.1 Å². The maximum atomic E-state index is 12.8. The number of ether oxygens (including phenoxy) is 1. The van der Waals surface area contributed by atoms with Crippen molar-refractivity contribution in [2.45, 2.75) is 26.3 Å². The molecule has 3 rings (SSSR count). The molecule has 1 amide bonds. The smallest absolute Gasteiger partial charge is 0.325 e. The van der Waals surface area contributed by atoms with E-state index < -0.39 is 21.9 Å². The van der Waals surface area contributed by atoms with Gasteiger partial charge in [0.1, 0.15) is 6.54 Å². The number of aryl methyl sites for hydroxylation is 1.